The fourth-order valence-electron chi connectivity index (χ4n) is 2.80. The van der Waals surface area contributed by atoms with E-state index >= 15 is 0 Å². The van der Waals surface area contributed by atoms with Gasteiger partial charge in [0.15, 0.2) is 0 Å². The van der Waals surface area contributed by atoms with E-state index < -0.39 is 34.3 Å². The molecular weight excluding hydrogens is 355 g/mol. The Hall–Kier alpha value is -2.35. The molecule has 1 amide bonds. The first-order valence-corrected chi connectivity index (χ1v) is 8.94. The Kier molecular flexibility index (Phi) is 4.10. The highest BCUT2D eigenvalue weighted by molar-refractivity contribution is 7.92. The van der Waals surface area contributed by atoms with Gasteiger partial charge in [0, 0.05) is 22.7 Å². The van der Waals surface area contributed by atoms with E-state index in [-0.39, 0.29) is 15.5 Å². The number of amides is 1. The molecule has 1 unspecified atom stereocenters. The van der Waals surface area contributed by atoms with Gasteiger partial charge in [-0.3, -0.25) is 4.79 Å². The lowest BCUT2D eigenvalue weighted by atomic mass is 10.0. The number of hydrogen-bond acceptors (Lipinski definition) is 3. The van der Waals surface area contributed by atoms with Crippen molar-refractivity contribution in [3.05, 3.63) is 42.5 Å². The average Bonchev–Trinajstić information content (AvgIpc) is 2.74. The molecule has 132 valence electrons. The second-order valence-corrected chi connectivity index (χ2v) is 7.81. The number of alkyl halides is 3. The number of hydrogen-bond donors (Lipinski definition) is 1. The zero-order chi connectivity index (χ0) is 18.4. The third-order valence-electron chi connectivity index (χ3n) is 3.99. The standard InChI is InChI=1S/C17H14F3NO3S/c1-10(9-17(18,19)20)16(22)21-11-6-7-15-13(8-11)12-4-2-3-5-14(12)25(15,23)24/h2-8,10H,9H2,1H3,(H,21,22). The normalized spacial score (nSPS) is 16.0. The number of nitrogens with one attached hydrogen (secondary N) is 1. The molecule has 3 rings (SSSR count). The van der Waals surface area contributed by atoms with Crippen LogP contribution in [-0.4, -0.2) is 20.5 Å². The molecule has 0 aromatic heterocycles. The monoisotopic (exact) mass is 369 g/mol. The molecule has 0 bridgehead atoms. The van der Waals surface area contributed by atoms with Crippen LogP contribution in [0.25, 0.3) is 11.1 Å². The summed E-state index contributed by atoms with van der Waals surface area (Å²) in [6.45, 7) is 1.19. The van der Waals surface area contributed by atoms with Gasteiger partial charge in [0.05, 0.1) is 16.2 Å². The van der Waals surface area contributed by atoms with Crippen LogP contribution in [0, 0.1) is 5.92 Å². The SMILES string of the molecule is CC(CC(F)(F)F)C(=O)Nc1ccc2c(c1)-c1ccccc1S2(=O)=O. The number of carbonyl (C=O) groups excluding carboxylic acids is 1. The molecule has 8 heteroatoms. The van der Waals surface area contributed by atoms with E-state index in [1.54, 1.807) is 18.2 Å². The van der Waals surface area contributed by atoms with Crippen molar-refractivity contribution in [3.8, 4) is 11.1 Å². The van der Waals surface area contributed by atoms with Crippen LogP contribution in [0.1, 0.15) is 13.3 Å². The first kappa shape index (κ1) is 17.5. The molecule has 0 radical (unpaired) electrons. The third-order valence-corrected chi connectivity index (χ3v) is 5.86. The highest BCUT2D eigenvalue weighted by Crippen LogP contribution is 2.43. The molecule has 1 aliphatic heterocycles. The van der Waals surface area contributed by atoms with Crippen LogP contribution in [0.15, 0.2) is 52.3 Å². The van der Waals surface area contributed by atoms with Crippen molar-refractivity contribution in [2.24, 2.45) is 5.92 Å². The highest BCUT2D eigenvalue weighted by Gasteiger charge is 2.34. The molecule has 0 fully saturated rings. The van der Waals surface area contributed by atoms with Crippen molar-refractivity contribution >= 4 is 21.4 Å². The minimum absolute atomic E-state index is 0.120. The predicted molar refractivity (Wildman–Crippen MR) is 85.8 cm³/mol. The van der Waals surface area contributed by atoms with Crippen molar-refractivity contribution in [2.75, 3.05) is 5.32 Å². The number of carbonyl (C=O) groups is 1. The van der Waals surface area contributed by atoms with Crippen LogP contribution in [0.5, 0.6) is 0 Å². The van der Waals surface area contributed by atoms with E-state index in [9.17, 15) is 26.4 Å². The van der Waals surface area contributed by atoms with Gasteiger partial charge in [-0.25, -0.2) is 8.42 Å². The lowest BCUT2D eigenvalue weighted by Gasteiger charge is -2.14. The van der Waals surface area contributed by atoms with Gasteiger partial charge in [0.25, 0.3) is 0 Å². The molecule has 4 nitrogen and oxygen atoms in total. The van der Waals surface area contributed by atoms with Gasteiger partial charge < -0.3 is 5.32 Å². The Balaban J connectivity index is 1.90. The van der Waals surface area contributed by atoms with E-state index in [0.29, 0.717) is 11.1 Å². The first-order chi connectivity index (χ1) is 11.6. The van der Waals surface area contributed by atoms with Gasteiger partial charge in [0.2, 0.25) is 15.7 Å². The number of halogens is 3. The van der Waals surface area contributed by atoms with Crippen LogP contribution >= 0.6 is 0 Å². The number of sulfone groups is 1. The Morgan fingerprint density at radius 3 is 2.40 bits per heavy atom. The molecule has 1 heterocycles. The Labute approximate surface area is 142 Å². The zero-order valence-corrected chi connectivity index (χ0v) is 13.9. The van der Waals surface area contributed by atoms with Gasteiger partial charge >= 0.3 is 6.18 Å². The Morgan fingerprint density at radius 2 is 1.72 bits per heavy atom. The maximum absolute atomic E-state index is 12.5. The number of fused-ring (bicyclic) bond motifs is 3. The van der Waals surface area contributed by atoms with Gasteiger partial charge in [-0.1, -0.05) is 25.1 Å². The van der Waals surface area contributed by atoms with Gasteiger partial charge in [0.1, 0.15) is 0 Å². The van der Waals surface area contributed by atoms with Gasteiger partial charge in [-0.05, 0) is 24.3 Å². The van der Waals surface area contributed by atoms with Crippen molar-refractivity contribution < 1.29 is 26.4 Å². The van der Waals surface area contributed by atoms with E-state index in [2.05, 4.69) is 5.32 Å². The van der Waals surface area contributed by atoms with Crippen LogP contribution < -0.4 is 5.32 Å². The minimum Gasteiger partial charge on any atom is -0.326 e. The van der Waals surface area contributed by atoms with Crippen LogP contribution in [0.3, 0.4) is 0 Å². The summed E-state index contributed by atoms with van der Waals surface area (Å²) in [5.41, 5.74) is 1.19. The molecular formula is C17H14F3NO3S. The third kappa shape index (κ3) is 3.26. The quantitative estimate of drug-likeness (QED) is 0.758. The topological polar surface area (TPSA) is 63.2 Å². The van der Waals surface area contributed by atoms with Crippen molar-refractivity contribution in [2.45, 2.75) is 29.3 Å². The van der Waals surface area contributed by atoms with E-state index in [4.69, 9.17) is 0 Å². The summed E-state index contributed by atoms with van der Waals surface area (Å²) in [7, 11) is -3.61. The zero-order valence-electron chi connectivity index (χ0n) is 13.1. The fraction of sp³-hybridized carbons (Fsp3) is 0.235. The van der Waals surface area contributed by atoms with E-state index in [1.165, 1.54) is 31.2 Å². The lowest BCUT2D eigenvalue weighted by Crippen LogP contribution is -2.25. The summed E-state index contributed by atoms with van der Waals surface area (Å²) < 4.78 is 62.1. The molecule has 0 spiro atoms. The predicted octanol–water partition coefficient (Wildman–Crippen LogP) is 4.03. The van der Waals surface area contributed by atoms with E-state index in [0.717, 1.165) is 0 Å². The smallest absolute Gasteiger partial charge is 0.326 e. The largest absolute Gasteiger partial charge is 0.389 e. The number of rotatable bonds is 3. The Bertz CT molecular complexity index is 952. The number of benzene rings is 2. The summed E-state index contributed by atoms with van der Waals surface area (Å²) in [6, 6.07) is 10.7. The summed E-state index contributed by atoms with van der Waals surface area (Å²) in [6.07, 6.45) is -5.65. The van der Waals surface area contributed by atoms with Crippen molar-refractivity contribution in [1.82, 2.24) is 0 Å². The fourth-order valence-corrected chi connectivity index (χ4v) is 4.47. The molecule has 1 N–H and O–H groups in total. The van der Waals surface area contributed by atoms with E-state index in [1.807, 2.05) is 0 Å². The maximum Gasteiger partial charge on any atom is 0.389 e. The first-order valence-electron chi connectivity index (χ1n) is 7.46. The van der Waals surface area contributed by atoms with Crippen LogP contribution in [0.4, 0.5) is 18.9 Å². The average molecular weight is 369 g/mol. The molecule has 0 saturated carbocycles. The molecule has 0 aliphatic carbocycles. The minimum atomic E-state index is -4.43. The molecule has 1 atom stereocenters. The number of anilines is 1. The summed E-state index contributed by atoms with van der Waals surface area (Å²) in [5, 5.41) is 2.42. The molecule has 1 aliphatic rings. The summed E-state index contributed by atoms with van der Waals surface area (Å²) >= 11 is 0. The highest BCUT2D eigenvalue weighted by atomic mass is 32.2. The van der Waals surface area contributed by atoms with Crippen molar-refractivity contribution in [1.29, 1.82) is 0 Å². The second-order valence-electron chi connectivity index (χ2n) is 5.92. The molecule has 0 saturated heterocycles. The Morgan fingerprint density at radius 1 is 1.08 bits per heavy atom. The lowest BCUT2D eigenvalue weighted by molar-refractivity contribution is -0.150. The van der Waals surface area contributed by atoms with Gasteiger partial charge in [-0.15, -0.1) is 0 Å². The van der Waals surface area contributed by atoms with Crippen molar-refractivity contribution in [3.63, 3.8) is 0 Å². The molecule has 2 aromatic carbocycles. The molecule has 25 heavy (non-hydrogen) atoms. The van der Waals surface area contributed by atoms with Gasteiger partial charge in [-0.2, -0.15) is 13.2 Å². The van der Waals surface area contributed by atoms with Crippen LogP contribution in [0.2, 0.25) is 0 Å². The summed E-state index contributed by atoms with van der Waals surface area (Å²) in [5.74, 6) is -2.02. The maximum atomic E-state index is 12.5. The van der Waals surface area contributed by atoms with Crippen LogP contribution in [-0.2, 0) is 14.6 Å². The molecule has 2 aromatic rings. The second kappa shape index (κ2) is 5.87. The summed E-state index contributed by atoms with van der Waals surface area (Å²) in [4.78, 5) is 12.2.